The minimum Gasteiger partial charge on any atom is -0.487 e. The molecular weight excluding hydrogens is 356 g/mol. The Kier molecular flexibility index (Phi) is 5.88. The lowest BCUT2D eigenvalue weighted by Crippen LogP contribution is -2.23. The van der Waals surface area contributed by atoms with Gasteiger partial charge in [-0.25, -0.2) is 0 Å². The zero-order valence-electron chi connectivity index (χ0n) is 18.7. The van der Waals surface area contributed by atoms with Gasteiger partial charge in [-0.2, -0.15) is 0 Å². The number of benzene rings is 3. The van der Waals surface area contributed by atoms with E-state index in [4.69, 9.17) is 4.74 Å². The van der Waals surface area contributed by atoms with Crippen molar-refractivity contribution in [3.8, 4) is 28.0 Å². The molecule has 0 fully saturated rings. The molecular formula is C26H32N2O. The van der Waals surface area contributed by atoms with Crippen molar-refractivity contribution in [3.63, 3.8) is 0 Å². The fourth-order valence-corrected chi connectivity index (χ4v) is 3.35. The molecule has 0 aromatic heterocycles. The summed E-state index contributed by atoms with van der Waals surface area (Å²) in [6.45, 7) is 6.26. The second-order valence-electron chi connectivity index (χ2n) is 8.78. The first kappa shape index (κ1) is 20.8. The van der Waals surface area contributed by atoms with E-state index in [2.05, 4.69) is 125 Å². The van der Waals surface area contributed by atoms with Crippen molar-refractivity contribution in [2.24, 2.45) is 0 Å². The highest BCUT2D eigenvalue weighted by molar-refractivity contribution is 5.88. The molecule has 152 valence electrons. The topological polar surface area (TPSA) is 15.7 Å². The van der Waals surface area contributed by atoms with E-state index >= 15 is 0 Å². The van der Waals surface area contributed by atoms with Crippen molar-refractivity contribution in [1.82, 2.24) is 0 Å². The van der Waals surface area contributed by atoms with Gasteiger partial charge in [0.25, 0.3) is 0 Å². The van der Waals surface area contributed by atoms with E-state index in [0.717, 1.165) is 16.9 Å². The van der Waals surface area contributed by atoms with Crippen molar-refractivity contribution < 1.29 is 4.74 Å². The Morgan fingerprint density at radius 2 is 1.10 bits per heavy atom. The highest BCUT2D eigenvalue weighted by Gasteiger charge is 2.19. The second kappa shape index (κ2) is 8.20. The summed E-state index contributed by atoms with van der Waals surface area (Å²) in [5, 5.41) is 0. The van der Waals surface area contributed by atoms with Gasteiger partial charge in [0.2, 0.25) is 0 Å². The Morgan fingerprint density at radius 1 is 0.621 bits per heavy atom. The summed E-state index contributed by atoms with van der Waals surface area (Å²) in [5.41, 5.74) is 6.74. The lowest BCUT2D eigenvalue weighted by molar-refractivity contribution is 0.132. The van der Waals surface area contributed by atoms with E-state index in [-0.39, 0.29) is 5.60 Å². The van der Waals surface area contributed by atoms with E-state index in [1.807, 2.05) is 0 Å². The molecule has 29 heavy (non-hydrogen) atoms. The van der Waals surface area contributed by atoms with E-state index in [0.29, 0.717) is 0 Å². The highest BCUT2D eigenvalue weighted by atomic mass is 16.5. The van der Waals surface area contributed by atoms with E-state index in [1.165, 1.54) is 22.5 Å². The Labute approximate surface area is 175 Å². The lowest BCUT2D eigenvalue weighted by Gasteiger charge is -2.25. The Morgan fingerprint density at radius 3 is 1.55 bits per heavy atom. The maximum atomic E-state index is 6.37. The van der Waals surface area contributed by atoms with Gasteiger partial charge >= 0.3 is 0 Å². The number of nitrogens with zero attached hydrogens (tertiary/aromatic N) is 2. The maximum Gasteiger partial charge on any atom is 0.128 e. The number of hydrogen-bond donors (Lipinski definition) is 0. The Hall–Kier alpha value is -2.94. The first-order chi connectivity index (χ1) is 13.7. The molecule has 0 radical (unpaired) electrons. The van der Waals surface area contributed by atoms with Crippen LogP contribution in [0.25, 0.3) is 22.3 Å². The molecule has 0 aliphatic rings. The Bertz CT molecular complexity index is 949. The minimum absolute atomic E-state index is 0.272. The fourth-order valence-electron chi connectivity index (χ4n) is 3.35. The van der Waals surface area contributed by atoms with Crippen LogP contribution in [-0.4, -0.2) is 33.8 Å². The van der Waals surface area contributed by atoms with Gasteiger partial charge in [0.15, 0.2) is 0 Å². The number of hydrogen-bond acceptors (Lipinski definition) is 3. The SMILES string of the molecule is CN(C)c1ccc(-c2cccc(OC(C)(C)C)c2-c2ccc(N(C)C)cc2)cc1. The number of ether oxygens (including phenoxy) is 1. The van der Waals surface area contributed by atoms with Crippen molar-refractivity contribution in [2.45, 2.75) is 26.4 Å². The molecule has 0 atom stereocenters. The van der Waals surface area contributed by atoms with Crippen LogP contribution >= 0.6 is 0 Å². The average molecular weight is 389 g/mol. The summed E-state index contributed by atoms with van der Waals surface area (Å²) in [6.07, 6.45) is 0. The van der Waals surface area contributed by atoms with Gasteiger partial charge in [-0.15, -0.1) is 0 Å². The quantitative estimate of drug-likeness (QED) is 0.508. The minimum atomic E-state index is -0.272. The largest absolute Gasteiger partial charge is 0.487 e. The van der Waals surface area contributed by atoms with Crippen LogP contribution in [0.4, 0.5) is 11.4 Å². The van der Waals surface area contributed by atoms with Crippen LogP contribution < -0.4 is 14.5 Å². The van der Waals surface area contributed by atoms with Gasteiger partial charge in [0.1, 0.15) is 11.4 Å². The standard InChI is InChI=1S/C26H32N2O/c1-26(2,3)29-24-10-8-9-23(19-11-15-21(16-12-19)27(4)5)25(24)20-13-17-22(18-14-20)28(6)7/h8-18H,1-7H3. The third kappa shape index (κ3) is 4.92. The first-order valence-electron chi connectivity index (χ1n) is 10.0. The highest BCUT2D eigenvalue weighted by Crippen LogP contribution is 2.41. The van der Waals surface area contributed by atoms with Gasteiger partial charge in [-0.1, -0.05) is 36.4 Å². The average Bonchev–Trinajstić information content (AvgIpc) is 2.67. The zero-order chi connectivity index (χ0) is 21.2. The normalized spacial score (nSPS) is 11.3. The molecule has 0 saturated carbocycles. The van der Waals surface area contributed by atoms with Gasteiger partial charge < -0.3 is 14.5 Å². The van der Waals surface area contributed by atoms with Crippen LogP contribution in [0.1, 0.15) is 20.8 Å². The van der Waals surface area contributed by atoms with Gasteiger partial charge in [-0.05, 0) is 67.8 Å². The molecule has 3 rings (SSSR count). The summed E-state index contributed by atoms with van der Waals surface area (Å²) in [7, 11) is 8.24. The van der Waals surface area contributed by atoms with Gasteiger partial charge in [-0.3, -0.25) is 0 Å². The van der Waals surface area contributed by atoms with Crippen molar-refractivity contribution in [3.05, 3.63) is 66.7 Å². The molecule has 3 aromatic rings. The zero-order valence-corrected chi connectivity index (χ0v) is 18.7. The molecule has 0 spiro atoms. The fraction of sp³-hybridized carbons (Fsp3) is 0.308. The smallest absolute Gasteiger partial charge is 0.128 e. The third-order valence-electron chi connectivity index (χ3n) is 4.81. The van der Waals surface area contributed by atoms with Crippen LogP contribution in [0.2, 0.25) is 0 Å². The first-order valence-corrected chi connectivity index (χ1v) is 10.0. The summed E-state index contributed by atoms with van der Waals surface area (Å²) in [5.74, 6) is 0.907. The van der Waals surface area contributed by atoms with Crippen LogP contribution in [0.5, 0.6) is 5.75 Å². The number of rotatable bonds is 5. The molecule has 0 heterocycles. The second-order valence-corrected chi connectivity index (χ2v) is 8.78. The predicted molar refractivity (Wildman–Crippen MR) is 126 cm³/mol. The summed E-state index contributed by atoms with van der Waals surface area (Å²) in [6, 6.07) is 23.7. The van der Waals surface area contributed by atoms with E-state index in [9.17, 15) is 0 Å². The maximum absolute atomic E-state index is 6.37. The molecule has 0 aliphatic heterocycles. The Balaban J connectivity index is 2.16. The predicted octanol–water partition coefficient (Wildman–Crippen LogP) is 6.33. The van der Waals surface area contributed by atoms with Crippen LogP contribution in [0.3, 0.4) is 0 Å². The van der Waals surface area contributed by atoms with Crippen LogP contribution in [0, 0.1) is 0 Å². The van der Waals surface area contributed by atoms with Gasteiger partial charge in [0, 0.05) is 45.1 Å². The molecule has 0 amide bonds. The van der Waals surface area contributed by atoms with Crippen molar-refractivity contribution >= 4 is 11.4 Å². The molecule has 0 bridgehead atoms. The summed E-state index contributed by atoms with van der Waals surface area (Å²) in [4.78, 5) is 4.23. The lowest BCUT2D eigenvalue weighted by atomic mass is 9.93. The van der Waals surface area contributed by atoms with Crippen molar-refractivity contribution in [2.75, 3.05) is 38.0 Å². The molecule has 3 aromatic carbocycles. The van der Waals surface area contributed by atoms with Crippen LogP contribution in [0.15, 0.2) is 66.7 Å². The van der Waals surface area contributed by atoms with E-state index < -0.39 is 0 Å². The number of anilines is 2. The molecule has 3 nitrogen and oxygen atoms in total. The van der Waals surface area contributed by atoms with Crippen molar-refractivity contribution in [1.29, 1.82) is 0 Å². The molecule has 0 aliphatic carbocycles. The van der Waals surface area contributed by atoms with Gasteiger partial charge in [0.05, 0.1) is 0 Å². The molecule has 3 heteroatoms. The molecule has 0 N–H and O–H groups in total. The van der Waals surface area contributed by atoms with E-state index in [1.54, 1.807) is 0 Å². The summed E-state index contributed by atoms with van der Waals surface area (Å²) >= 11 is 0. The molecule has 0 unspecified atom stereocenters. The third-order valence-corrected chi connectivity index (χ3v) is 4.81. The van der Waals surface area contributed by atoms with Crippen LogP contribution in [-0.2, 0) is 0 Å². The summed E-state index contributed by atoms with van der Waals surface area (Å²) < 4.78 is 6.37. The molecule has 0 saturated heterocycles. The monoisotopic (exact) mass is 388 g/mol.